The number of ether oxygens (including phenoxy) is 1. The number of nitrogens with zero attached hydrogens (tertiary/aromatic N) is 1. The molecule has 5 nitrogen and oxygen atoms in total. The first kappa shape index (κ1) is 22.5. The van der Waals surface area contributed by atoms with Gasteiger partial charge in [0, 0.05) is 23.1 Å². The van der Waals surface area contributed by atoms with Gasteiger partial charge in [0.05, 0.1) is 5.02 Å². The Morgan fingerprint density at radius 3 is 2.50 bits per heavy atom. The molecule has 0 aliphatic rings. The van der Waals surface area contributed by atoms with Crippen molar-refractivity contribution in [2.45, 2.75) is 25.9 Å². The lowest BCUT2D eigenvalue weighted by molar-refractivity contribution is -0.142. The summed E-state index contributed by atoms with van der Waals surface area (Å²) < 4.78 is 6.41. The third-order valence-corrected chi connectivity index (χ3v) is 5.33. The van der Waals surface area contributed by atoms with E-state index >= 15 is 0 Å². The number of likely N-dealkylation sites (N-methyl/N-ethyl adjacent to an activating group) is 1. The lowest BCUT2D eigenvalue weighted by Crippen LogP contribution is -2.49. The molecular formula is C20H21BrCl2N2O3. The van der Waals surface area contributed by atoms with Crippen LogP contribution in [-0.2, 0) is 16.1 Å². The maximum atomic E-state index is 13.0. The van der Waals surface area contributed by atoms with Gasteiger partial charge < -0.3 is 15.0 Å². The van der Waals surface area contributed by atoms with Crippen LogP contribution in [0.15, 0.2) is 46.9 Å². The number of benzene rings is 2. The average molecular weight is 488 g/mol. The normalized spacial score (nSPS) is 11.6. The molecular weight excluding hydrogens is 467 g/mol. The Kier molecular flexibility index (Phi) is 8.60. The molecule has 0 radical (unpaired) electrons. The predicted octanol–water partition coefficient (Wildman–Crippen LogP) is 4.69. The van der Waals surface area contributed by atoms with Gasteiger partial charge in [-0.25, -0.2) is 0 Å². The number of hydrogen-bond acceptors (Lipinski definition) is 3. The zero-order chi connectivity index (χ0) is 20.7. The molecule has 0 heterocycles. The molecule has 0 fully saturated rings. The van der Waals surface area contributed by atoms with Crippen LogP contribution in [0.25, 0.3) is 0 Å². The minimum absolute atomic E-state index is 0.196. The van der Waals surface area contributed by atoms with E-state index in [1.54, 1.807) is 31.3 Å². The van der Waals surface area contributed by atoms with Crippen molar-refractivity contribution < 1.29 is 14.3 Å². The molecule has 0 spiro atoms. The average Bonchev–Trinajstić information content (AvgIpc) is 2.68. The second kappa shape index (κ2) is 10.7. The van der Waals surface area contributed by atoms with Gasteiger partial charge in [-0.15, -0.1) is 0 Å². The summed E-state index contributed by atoms with van der Waals surface area (Å²) in [4.78, 5) is 26.8. The number of amides is 2. The number of carbonyl (C=O) groups excluding carboxylic acids is 2. The van der Waals surface area contributed by atoms with Crippen molar-refractivity contribution in [2.24, 2.45) is 0 Å². The number of rotatable bonds is 8. The van der Waals surface area contributed by atoms with Gasteiger partial charge in [-0.3, -0.25) is 9.59 Å². The molecule has 2 amide bonds. The van der Waals surface area contributed by atoms with Crippen LogP contribution in [0, 0.1) is 0 Å². The Hall–Kier alpha value is -1.76. The Balaban J connectivity index is 2.22. The first-order valence-electron chi connectivity index (χ1n) is 8.69. The van der Waals surface area contributed by atoms with Crippen molar-refractivity contribution in [3.63, 3.8) is 0 Å². The van der Waals surface area contributed by atoms with Gasteiger partial charge >= 0.3 is 0 Å². The summed E-state index contributed by atoms with van der Waals surface area (Å²) in [5, 5.41) is 3.53. The van der Waals surface area contributed by atoms with Crippen molar-refractivity contribution in [1.29, 1.82) is 0 Å². The van der Waals surface area contributed by atoms with Crippen molar-refractivity contribution in [2.75, 3.05) is 13.7 Å². The van der Waals surface area contributed by atoms with E-state index in [1.807, 2.05) is 25.1 Å². The van der Waals surface area contributed by atoms with Gasteiger partial charge in [0.15, 0.2) is 6.61 Å². The summed E-state index contributed by atoms with van der Waals surface area (Å²) in [6.07, 6.45) is 0.453. The van der Waals surface area contributed by atoms with E-state index in [9.17, 15) is 9.59 Å². The van der Waals surface area contributed by atoms with Crippen molar-refractivity contribution >= 4 is 50.9 Å². The van der Waals surface area contributed by atoms with Gasteiger partial charge in [-0.1, -0.05) is 64.3 Å². The van der Waals surface area contributed by atoms with Gasteiger partial charge in [-0.2, -0.15) is 0 Å². The van der Waals surface area contributed by atoms with E-state index < -0.39 is 6.04 Å². The number of carbonyl (C=O) groups is 2. The van der Waals surface area contributed by atoms with E-state index in [-0.39, 0.29) is 25.0 Å². The summed E-state index contributed by atoms with van der Waals surface area (Å²) in [6, 6.07) is 11.7. The number of halogens is 3. The Labute approximate surface area is 183 Å². The zero-order valence-electron chi connectivity index (χ0n) is 15.5. The molecule has 2 aromatic carbocycles. The Bertz CT molecular complexity index is 848. The highest BCUT2D eigenvalue weighted by Gasteiger charge is 2.28. The molecule has 2 rings (SSSR count). The van der Waals surface area contributed by atoms with Crippen molar-refractivity contribution in [3.8, 4) is 5.75 Å². The van der Waals surface area contributed by atoms with Crippen LogP contribution in [0.3, 0.4) is 0 Å². The van der Waals surface area contributed by atoms with Gasteiger partial charge in [0.2, 0.25) is 5.91 Å². The highest BCUT2D eigenvalue weighted by Crippen LogP contribution is 2.28. The molecule has 0 saturated heterocycles. The monoisotopic (exact) mass is 486 g/mol. The molecule has 0 bridgehead atoms. The largest absolute Gasteiger partial charge is 0.482 e. The molecule has 0 aromatic heterocycles. The lowest BCUT2D eigenvalue weighted by atomic mass is 10.1. The minimum Gasteiger partial charge on any atom is -0.482 e. The molecule has 0 aliphatic heterocycles. The SMILES string of the molecule is CC[C@H](C(=O)NC)N(Cc1ccccc1Cl)C(=O)COc1ccc(Br)cc1Cl. The number of nitrogens with one attached hydrogen (secondary N) is 1. The third-order valence-electron chi connectivity index (χ3n) is 4.18. The van der Waals surface area contributed by atoms with Gasteiger partial charge in [0.1, 0.15) is 11.8 Å². The van der Waals surface area contributed by atoms with E-state index in [0.29, 0.717) is 22.2 Å². The van der Waals surface area contributed by atoms with Crippen LogP contribution in [0.5, 0.6) is 5.75 Å². The number of hydrogen-bond donors (Lipinski definition) is 1. The fraction of sp³-hybridized carbons (Fsp3) is 0.300. The summed E-state index contributed by atoms with van der Waals surface area (Å²) in [5.41, 5.74) is 0.751. The van der Waals surface area contributed by atoms with E-state index in [2.05, 4.69) is 21.2 Å². The molecule has 8 heteroatoms. The summed E-state index contributed by atoms with van der Waals surface area (Å²) >= 11 is 15.7. The lowest BCUT2D eigenvalue weighted by Gasteiger charge is -2.30. The van der Waals surface area contributed by atoms with Crippen molar-refractivity contribution in [3.05, 3.63) is 62.5 Å². The Morgan fingerprint density at radius 1 is 1.18 bits per heavy atom. The standard InChI is InChI=1S/C20H21BrCl2N2O3/c1-3-17(20(27)24-2)25(11-13-6-4-5-7-15(13)22)19(26)12-28-18-9-8-14(21)10-16(18)23/h4-10,17H,3,11-12H2,1-2H3,(H,24,27)/t17-/m1/s1. The third kappa shape index (κ3) is 5.87. The molecule has 1 atom stereocenters. The van der Waals surface area contributed by atoms with Crippen LogP contribution in [0.2, 0.25) is 10.0 Å². The molecule has 0 aliphatic carbocycles. The summed E-state index contributed by atoms with van der Waals surface area (Å²) in [5.74, 6) is -0.192. The van der Waals surface area contributed by atoms with E-state index in [1.165, 1.54) is 4.90 Å². The molecule has 0 unspecified atom stereocenters. The first-order chi connectivity index (χ1) is 13.4. The van der Waals surface area contributed by atoms with Crippen molar-refractivity contribution in [1.82, 2.24) is 10.2 Å². The van der Waals surface area contributed by atoms with E-state index in [4.69, 9.17) is 27.9 Å². The Morgan fingerprint density at radius 2 is 1.89 bits per heavy atom. The van der Waals surface area contributed by atoms with Gasteiger partial charge in [0.25, 0.3) is 5.91 Å². The topological polar surface area (TPSA) is 58.6 Å². The summed E-state index contributed by atoms with van der Waals surface area (Å²) in [6.45, 7) is 1.79. The van der Waals surface area contributed by atoms with E-state index in [0.717, 1.165) is 10.0 Å². The minimum atomic E-state index is -0.641. The zero-order valence-corrected chi connectivity index (χ0v) is 18.6. The van der Waals surface area contributed by atoms with Crippen LogP contribution < -0.4 is 10.1 Å². The second-order valence-electron chi connectivity index (χ2n) is 6.01. The molecule has 28 heavy (non-hydrogen) atoms. The fourth-order valence-corrected chi connectivity index (χ4v) is 3.63. The maximum Gasteiger partial charge on any atom is 0.261 e. The highest BCUT2D eigenvalue weighted by molar-refractivity contribution is 9.10. The smallest absolute Gasteiger partial charge is 0.261 e. The predicted molar refractivity (Wildman–Crippen MR) is 115 cm³/mol. The second-order valence-corrected chi connectivity index (χ2v) is 7.74. The van der Waals surface area contributed by atoms with Crippen LogP contribution >= 0.6 is 39.1 Å². The van der Waals surface area contributed by atoms with Crippen LogP contribution in [-0.4, -0.2) is 36.4 Å². The molecule has 1 N–H and O–H groups in total. The first-order valence-corrected chi connectivity index (χ1v) is 10.2. The molecule has 2 aromatic rings. The molecule has 150 valence electrons. The highest BCUT2D eigenvalue weighted by atomic mass is 79.9. The van der Waals surface area contributed by atoms with Crippen LogP contribution in [0.1, 0.15) is 18.9 Å². The van der Waals surface area contributed by atoms with Gasteiger partial charge in [-0.05, 0) is 36.2 Å². The fourth-order valence-electron chi connectivity index (χ4n) is 2.71. The maximum absolute atomic E-state index is 13.0. The molecule has 0 saturated carbocycles. The summed E-state index contributed by atoms with van der Waals surface area (Å²) in [7, 11) is 1.54. The van der Waals surface area contributed by atoms with Crippen LogP contribution in [0.4, 0.5) is 0 Å². The quantitative estimate of drug-likeness (QED) is 0.587.